The van der Waals surface area contributed by atoms with Crippen LogP contribution in [-0.4, -0.2) is 62.6 Å². The molecule has 1 N–H and O–H groups in total. The van der Waals surface area contributed by atoms with Gasteiger partial charge in [-0.05, 0) is 45.6 Å². The number of hydrogen-bond acceptors (Lipinski definition) is 4. The summed E-state index contributed by atoms with van der Waals surface area (Å²) in [6, 6.07) is 0. The molecule has 1 aliphatic heterocycles. The van der Waals surface area contributed by atoms with Gasteiger partial charge in [-0.3, -0.25) is 9.69 Å². The molecule has 1 saturated heterocycles. The summed E-state index contributed by atoms with van der Waals surface area (Å²) in [4.78, 5) is 21.4. The lowest BCUT2D eigenvalue weighted by atomic mass is 9.86. The Labute approximate surface area is 157 Å². The number of aliphatic hydroxyl groups is 1. The van der Waals surface area contributed by atoms with Gasteiger partial charge >= 0.3 is 0 Å². The highest BCUT2D eigenvalue weighted by atomic mass is 16.3. The number of carbonyl (C=O) groups is 1. The summed E-state index contributed by atoms with van der Waals surface area (Å²) in [5.74, 6) is 1.52. The highest BCUT2D eigenvalue weighted by molar-refractivity contribution is 5.86. The Balaban J connectivity index is 1.59. The van der Waals surface area contributed by atoms with Gasteiger partial charge in [0.05, 0.1) is 6.54 Å². The van der Waals surface area contributed by atoms with Crippen molar-refractivity contribution >= 4 is 5.91 Å². The van der Waals surface area contributed by atoms with Crippen LogP contribution in [0.3, 0.4) is 0 Å². The second kappa shape index (κ2) is 8.53. The summed E-state index contributed by atoms with van der Waals surface area (Å²) in [6.07, 6.45) is 11.5. The highest BCUT2D eigenvalue weighted by Gasteiger charge is 2.43. The van der Waals surface area contributed by atoms with Crippen molar-refractivity contribution in [3.63, 3.8) is 0 Å². The van der Waals surface area contributed by atoms with Crippen molar-refractivity contribution in [2.45, 2.75) is 70.6 Å². The number of aryl methyl sites for hydroxylation is 1. The van der Waals surface area contributed by atoms with Gasteiger partial charge in [-0.1, -0.05) is 19.3 Å². The Morgan fingerprint density at radius 1 is 1.31 bits per heavy atom. The van der Waals surface area contributed by atoms with E-state index in [-0.39, 0.29) is 5.91 Å². The Morgan fingerprint density at radius 3 is 2.81 bits per heavy atom. The van der Waals surface area contributed by atoms with E-state index in [0.29, 0.717) is 25.4 Å². The number of rotatable bonds is 7. The molecule has 0 radical (unpaired) electrons. The number of likely N-dealkylation sites (N-methyl/N-ethyl adjacent to an activating group) is 1. The number of imidazole rings is 1. The minimum absolute atomic E-state index is 0.0694. The molecule has 2 heterocycles. The third-order valence-electron chi connectivity index (χ3n) is 5.99. The van der Waals surface area contributed by atoms with Crippen LogP contribution in [0.5, 0.6) is 0 Å². The second-order valence-corrected chi connectivity index (χ2v) is 8.19. The Hall–Kier alpha value is -1.40. The number of piperidine rings is 1. The van der Waals surface area contributed by atoms with Crippen LogP contribution in [0, 0.1) is 5.92 Å². The number of amides is 1. The molecule has 0 spiro atoms. The SMILES string of the molecule is CCn1ccnc1CN(C)CC1(O)CCCN(CC2CCCCC2)C1=O. The fraction of sp³-hybridized carbons (Fsp3) is 0.800. The fourth-order valence-corrected chi connectivity index (χ4v) is 4.59. The summed E-state index contributed by atoms with van der Waals surface area (Å²) < 4.78 is 2.10. The maximum absolute atomic E-state index is 13.0. The maximum Gasteiger partial charge on any atom is 0.255 e. The Bertz CT molecular complexity index is 596. The molecule has 1 atom stereocenters. The normalized spacial score (nSPS) is 25.2. The van der Waals surface area contributed by atoms with Crippen molar-refractivity contribution in [2.75, 3.05) is 26.7 Å². The van der Waals surface area contributed by atoms with Gasteiger partial charge in [0.25, 0.3) is 5.91 Å². The van der Waals surface area contributed by atoms with Gasteiger partial charge in [-0.2, -0.15) is 0 Å². The molecule has 0 aromatic carbocycles. The van der Waals surface area contributed by atoms with Crippen molar-refractivity contribution in [1.82, 2.24) is 19.4 Å². The van der Waals surface area contributed by atoms with Crippen molar-refractivity contribution in [2.24, 2.45) is 5.92 Å². The van der Waals surface area contributed by atoms with Crippen molar-refractivity contribution < 1.29 is 9.90 Å². The Morgan fingerprint density at radius 2 is 2.08 bits per heavy atom. The third kappa shape index (κ3) is 4.46. The van der Waals surface area contributed by atoms with Gasteiger partial charge in [-0.15, -0.1) is 0 Å². The highest BCUT2D eigenvalue weighted by Crippen LogP contribution is 2.29. The van der Waals surface area contributed by atoms with Crippen molar-refractivity contribution in [1.29, 1.82) is 0 Å². The van der Waals surface area contributed by atoms with Gasteiger partial charge < -0.3 is 14.6 Å². The lowest BCUT2D eigenvalue weighted by molar-refractivity contribution is -0.160. The average molecular weight is 363 g/mol. The van der Waals surface area contributed by atoms with E-state index in [1.54, 1.807) is 6.20 Å². The molecule has 6 nitrogen and oxygen atoms in total. The van der Waals surface area contributed by atoms with Crippen LogP contribution in [0.25, 0.3) is 0 Å². The van der Waals surface area contributed by atoms with Gasteiger partial charge in [-0.25, -0.2) is 4.98 Å². The second-order valence-electron chi connectivity index (χ2n) is 8.19. The average Bonchev–Trinajstić information content (AvgIpc) is 3.07. The predicted molar refractivity (Wildman–Crippen MR) is 102 cm³/mol. The minimum Gasteiger partial charge on any atom is -0.379 e. The van der Waals surface area contributed by atoms with E-state index in [1.807, 2.05) is 23.0 Å². The summed E-state index contributed by atoms with van der Waals surface area (Å²) in [6.45, 7) is 5.59. The molecule has 1 amide bonds. The molecule has 1 aromatic heterocycles. The fourth-order valence-electron chi connectivity index (χ4n) is 4.59. The van der Waals surface area contributed by atoms with Gasteiger partial charge in [0, 0.05) is 38.6 Å². The zero-order valence-corrected chi connectivity index (χ0v) is 16.4. The topological polar surface area (TPSA) is 61.6 Å². The molecule has 1 aromatic rings. The van der Waals surface area contributed by atoms with E-state index in [2.05, 4.69) is 16.5 Å². The first kappa shape index (κ1) is 19.4. The van der Waals surface area contributed by atoms with Crippen LogP contribution in [0.4, 0.5) is 0 Å². The molecule has 2 fully saturated rings. The van der Waals surface area contributed by atoms with Crippen LogP contribution >= 0.6 is 0 Å². The maximum atomic E-state index is 13.0. The molecular weight excluding hydrogens is 328 g/mol. The zero-order chi connectivity index (χ0) is 18.6. The lowest BCUT2D eigenvalue weighted by Crippen LogP contribution is -2.58. The standard InChI is InChI=1S/C20H34N4O2/c1-3-23-13-11-21-18(23)15-22(2)16-20(26)10-7-12-24(19(20)25)14-17-8-5-4-6-9-17/h11,13,17,26H,3-10,12,14-16H2,1-2H3. The van der Waals surface area contributed by atoms with Crippen LogP contribution in [0.15, 0.2) is 12.4 Å². The molecule has 1 saturated carbocycles. The largest absolute Gasteiger partial charge is 0.379 e. The number of aromatic nitrogens is 2. The molecule has 2 aliphatic rings. The smallest absolute Gasteiger partial charge is 0.255 e. The van der Waals surface area contributed by atoms with Gasteiger partial charge in [0.1, 0.15) is 5.82 Å². The predicted octanol–water partition coefficient (Wildman–Crippen LogP) is 2.27. The summed E-state index contributed by atoms with van der Waals surface area (Å²) >= 11 is 0. The molecule has 0 bridgehead atoms. The zero-order valence-electron chi connectivity index (χ0n) is 16.4. The summed E-state index contributed by atoms with van der Waals surface area (Å²) in [5, 5.41) is 11.1. The van der Waals surface area contributed by atoms with E-state index in [1.165, 1.54) is 32.1 Å². The van der Waals surface area contributed by atoms with E-state index in [0.717, 1.165) is 31.9 Å². The monoisotopic (exact) mass is 362 g/mol. The minimum atomic E-state index is -1.26. The lowest BCUT2D eigenvalue weighted by Gasteiger charge is -2.41. The first-order valence-corrected chi connectivity index (χ1v) is 10.2. The van der Waals surface area contributed by atoms with Crippen LogP contribution in [0.1, 0.15) is 57.7 Å². The first-order chi connectivity index (χ1) is 12.5. The van der Waals surface area contributed by atoms with Crippen LogP contribution < -0.4 is 0 Å². The molecule has 1 unspecified atom stereocenters. The number of hydrogen-bond donors (Lipinski definition) is 1. The summed E-state index contributed by atoms with van der Waals surface area (Å²) in [7, 11) is 1.96. The van der Waals surface area contributed by atoms with Crippen molar-refractivity contribution in [3.8, 4) is 0 Å². The molecular formula is C20H34N4O2. The Kier molecular flexibility index (Phi) is 6.35. The van der Waals surface area contributed by atoms with Crippen molar-refractivity contribution in [3.05, 3.63) is 18.2 Å². The summed E-state index contributed by atoms with van der Waals surface area (Å²) in [5.41, 5.74) is -1.26. The molecule has 146 valence electrons. The molecule has 6 heteroatoms. The van der Waals surface area contributed by atoms with E-state index in [4.69, 9.17) is 0 Å². The first-order valence-electron chi connectivity index (χ1n) is 10.2. The van der Waals surface area contributed by atoms with E-state index in [9.17, 15) is 9.90 Å². The van der Waals surface area contributed by atoms with E-state index < -0.39 is 5.60 Å². The van der Waals surface area contributed by atoms with Gasteiger partial charge in [0.15, 0.2) is 5.60 Å². The van der Waals surface area contributed by atoms with Gasteiger partial charge in [0.2, 0.25) is 0 Å². The molecule has 3 rings (SSSR count). The van der Waals surface area contributed by atoms with Crippen LogP contribution in [0.2, 0.25) is 0 Å². The number of carbonyl (C=O) groups excluding carboxylic acids is 1. The molecule has 1 aliphatic carbocycles. The number of nitrogens with zero attached hydrogens (tertiary/aromatic N) is 4. The molecule has 26 heavy (non-hydrogen) atoms. The third-order valence-corrected chi connectivity index (χ3v) is 5.99. The quantitative estimate of drug-likeness (QED) is 0.808. The number of likely N-dealkylation sites (tertiary alicyclic amines) is 1. The van der Waals surface area contributed by atoms with Crippen LogP contribution in [-0.2, 0) is 17.9 Å². The van der Waals surface area contributed by atoms with E-state index >= 15 is 0 Å².